The fraction of sp³-hybridized carbons (Fsp3) is 0.529. The molecule has 0 unspecified atom stereocenters. The Balaban J connectivity index is 2.82. The highest BCUT2D eigenvalue weighted by atomic mass is 16.5. The standard InChI is InChI=1S/C17H26N2O6/c1-12(20)19(7-6-8-22-2)11-16(21)18-13-9-14(23-3)17(25-5)15(10-13)24-4/h9-10H,6-8,11H2,1-5H3,(H,18,21). The fourth-order valence-electron chi connectivity index (χ4n) is 2.27. The van der Waals surface area contributed by atoms with Crippen LogP contribution in [0.1, 0.15) is 13.3 Å². The van der Waals surface area contributed by atoms with Crippen LogP contribution in [0.2, 0.25) is 0 Å². The van der Waals surface area contributed by atoms with Gasteiger partial charge in [0, 0.05) is 45.0 Å². The summed E-state index contributed by atoms with van der Waals surface area (Å²) in [6.45, 7) is 2.36. The maximum absolute atomic E-state index is 12.3. The third-order valence-corrected chi connectivity index (χ3v) is 3.50. The van der Waals surface area contributed by atoms with Crippen LogP contribution in [0.5, 0.6) is 17.2 Å². The molecule has 140 valence electrons. The first-order valence-corrected chi connectivity index (χ1v) is 7.81. The minimum atomic E-state index is -0.318. The molecule has 0 atom stereocenters. The van der Waals surface area contributed by atoms with E-state index in [1.54, 1.807) is 19.2 Å². The summed E-state index contributed by atoms with van der Waals surface area (Å²) in [4.78, 5) is 25.4. The van der Waals surface area contributed by atoms with Crippen molar-refractivity contribution in [1.29, 1.82) is 0 Å². The van der Waals surface area contributed by atoms with Crippen LogP contribution in [-0.4, -0.2) is 64.8 Å². The van der Waals surface area contributed by atoms with Gasteiger partial charge in [-0.15, -0.1) is 0 Å². The number of nitrogens with one attached hydrogen (secondary N) is 1. The molecular weight excluding hydrogens is 328 g/mol. The summed E-state index contributed by atoms with van der Waals surface area (Å²) in [5, 5.41) is 2.74. The van der Waals surface area contributed by atoms with E-state index in [0.29, 0.717) is 42.5 Å². The maximum atomic E-state index is 12.3. The Hall–Kier alpha value is -2.48. The van der Waals surface area contributed by atoms with Crippen LogP contribution >= 0.6 is 0 Å². The molecule has 0 heterocycles. The Kier molecular flexibility index (Phi) is 8.55. The highest BCUT2D eigenvalue weighted by Gasteiger charge is 2.17. The minimum Gasteiger partial charge on any atom is -0.493 e. The number of methoxy groups -OCH3 is 4. The molecule has 8 nitrogen and oxygen atoms in total. The van der Waals surface area contributed by atoms with Crippen LogP contribution in [0.4, 0.5) is 5.69 Å². The van der Waals surface area contributed by atoms with E-state index < -0.39 is 0 Å². The molecule has 0 saturated carbocycles. The summed E-state index contributed by atoms with van der Waals surface area (Å²) in [6, 6.07) is 3.25. The fourth-order valence-corrected chi connectivity index (χ4v) is 2.27. The van der Waals surface area contributed by atoms with Gasteiger partial charge < -0.3 is 29.2 Å². The number of benzene rings is 1. The minimum absolute atomic E-state index is 0.0459. The number of carbonyl (C=O) groups is 2. The molecule has 0 saturated heterocycles. The van der Waals surface area contributed by atoms with Crippen LogP contribution < -0.4 is 19.5 Å². The lowest BCUT2D eigenvalue weighted by Crippen LogP contribution is -2.37. The molecule has 1 N–H and O–H groups in total. The first kappa shape index (κ1) is 20.6. The number of hydrogen-bond acceptors (Lipinski definition) is 6. The van der Waals surface area contributed by atoms with Crippen LogP contribution in [0.15, 0.2) is 12.1 Å². The van der Waals surface area contributed by atoms with Crippen molar-refractivity contribution in [2.24, 2.45) is 0 Å². The molecule has 25 heavy (non-hydrogen) atoms. The molecule has 0 spiro atoms. The van der Waals surface area contributed by atoms with Gasteiger partial charge in [0.15, 0.2) is 11.5 Å². The van der Waals surface area contributed by atoms with Crippen LogP contribution in [0, 0.1) is 0 Å². The number of nitrogens with zero attached hydrogens (tertiary/aromatic N) is 1. The summed E-state index contributed by atoms with van der Waals surface area (Å²) in [7, 11) is 6.09. The molecule has 1 aromatic rings. The van der Waals surface area contributed by atoms with E-state index in [-0.39, 0.29) is 18.4 Å². The van der Waals surface area contributed by atoms with Gasteiger partial charge >= 0.3 is 0 Å². The smallest absolute Gasteiger partial charge is 0.243 e. The Labute approximate surface area is 148 Å². The third-order valence-electron chi connectivity index (χ3n) is 3.50. The van der Waals surface area contributed by atoms with E-state index in [0.717, 1.165) is 0 Å². The molecule has 1 rings (SSSR count). The SMILES string of the molecule is COCCCN(CC(=O)Nc1cc(OC)c(OC)c(OC)c1)C(C)=O. The van der Waals surface area contributed by atoms with Gasteiger partial charge in [-0.1, -0.05) is 0 Å². The first-order valence-electron chi connectivity index (χ1n) is 7.81. The Morgan fingerprint density at radius 2 is 1.64 bits per heavy atom. The summed E-state index contributed by atoms with van der Waals surface area (Å²) < 4.78 is 20.7. The number of anilines is 1. The molecule has 0 aliphatic heterocycles. The second-order valence-corrected chi connectivity index (χ2v) is 5.25. The molecule has 0 bridgehead atoms. The van der Waals surface area contributed by atoms with Crippen molar-refractivity contribution in [1.82, 2.24) is 4.90 Å². The zero-order valence-electron chi connectivity index (χ0n) is 15.4. The average Bonchev–Trinajstić information content (AvgIpc) is 2.59. The zero-order chi connectivity index (χ0) is 18.8. The highest BCUT2D eigenvalue weighted by molar-refractivity contribution is 5.94. The van der Waals surface area contributed by atoms with Crippen LogP contribution in [0.25, 0.3) is 0 Å². The molecule has 8 heteroatoms. The molecule has 2 amide bonds. The predicted octanol–water partition coefficient (Wildman–Crippen LogP) is 1.54. The molecule has 0 aromatic heterocycles. The van der Waals surface area contributed by atoms with Gasteiger partial charge in [-0.3, -0.25) is 9.59 Å². The van der Waals surface area contributed by atoms with Gasteiger partial charge in [-0.25, -0.2) is 0 Å². The summed E-state index contributed by atoms with van der Waals surface area (Å²) in [5.41, 5.74) is 0.486. The van der Waals surface area contributed by atoms with Gasteiger partial charge in [0.25, 0.3) is 0 Å². The number of carbonyl (C=O) groups excluding carboxylic acids is 2. The largest absolute Gasteiger partial charge is 0.493 e. The van der Waals surface area contributed by atoms with Crippen molar-refractivity contribution < 1.29 is 28.5 Å². The molecule has 0 aliphatic rings. The topological polar surface area (TPSA) is 86.3 Å². The molecule has 0 fully saturated rings. The number of amides is 2. The number of hydrogen-bond donors (Lipinski definition) is 1. The molecule has 0 radical (unpaired) electrons. The summed E-state index contributed by atoms with van der Waals surface area (Å²) >= 11 is 0. The summed E-state index contributed by atoms with van der Waals surface area (Å²) in [6.07, 6.45) is 0.660. The lowest BCUT2D eigenvalue weighted by atomic mass is 10.2. The first-order chi connectivity index (χ1) is 12.0. The van der Waals surface area contributed by atoms with Gasteiger partial charge in [-0.05, 0) is 6.42 Å². The zero-order valence-corrected chi connectivity index (χ0v) is 15.4. The second kappa shape index (κ2) is 10.4. The Bertz CT molecular complexity index is 565. The predicted molar refractivity (Wildman–Crippen MR) is 93.5 cm³/mol. The molecule has 1 aromatic carbocycles. The van der Waals surface area contributed by atoms with Crippen LogP contribution in [-0.2, 0) is 14.3 Å². The van der Waals surface area contributed by atoms with Gasteiger partial charge in [0.2, 0.25) is 17.6 Å². The second-order valence-electron chi connectivity index (χ2n) is 5.25. The van der Waals surface area contributed by atoms with E-state index in [4.69, 9.17) is 18.9 Å². The van der Waals surface area contributed by atoms with Crippen molar-refractivity contribution in [3.8, 4) is 17.2 Å². The quantitative estimate of drug-likeness (QED) is 0.642. The number of ether oxygens (including phenoxy) is 4. The van der Waals surface area contributed by atoms with E-state index in [1.807, 2.05) is 0 Å². The normalized spacial score (nSPS) is 10.1. The highest BCUT2D eigenvalue weighted by Crippen LogP contribution is 2.39. The average molecular weight is 354 g/mol. The van der Waals surface area contributed by atoms with Crippen molar-refractivity contribution in [2.75, 3.05) is 53.5 Å². The van der Waals surface area contributed by atoms with Gasteiger partial charge in [0.1, 0.15) is 0 Å². The number of rotatable bonds is 10. The lowest BCUT2D eigenvalue weighted by molar-refractivity contribution is -0.132. The Morgan fingerprint density at radius 3 is 2.08 bits per heavy atom. The van der Waals surface area contributed by atoms with Gasteiger partial charge in [0.05, 0.1) is 27.9 Å². The maximum Gasteiger partial charge on any atom is 0.243 e. The third kappa shape index (κ3) is 6.15. The molecule has 0 aliphatic carbocycles. The van der Waals surface area contributed by atoms with E-state index in [1.165, 1.54) is 33.2 Å². The van der Waals surface area contributed by atoms with E-state index in [2.05, 4.69) is 5.32 Å². The van der Waals surface area contributed by atoms with Crippen molar-refractivity contribution >= 4 is 17.5 Å². The van der Waals surface area contributed by atoms with E-state index in [9.17, 15) is 9.59 Å². The van der Waals surface area contributed by atoms with E-state index >= 15 is 0 Å². The molecular formula is C17H26N2O6. The monoisotopic (exact) mass is 354 g/mol. The van der Waals surface area contributed by atoms with Crippen molar-refractivity contribution in [2.45, 2.75) is 13.3 Å². The van der Waals surface area contributed by atoms with Crippen molar-refractivity contribution in [3.63, 3.8) is 0 Å². The van der Waals surface area contributed by atoms with Crippen molar-refractivity contribution in [3.05, 3.63) is 12.1 Å². The Morgan fingerprint density at radius 1 is 1.04 bits per heavy atom. The lowest BCUT2D eigenvalue weighted by Gasteiger charge is -2.20. The summed E-state index contributed by atoms with van der Waals surface area (Å²) in [5.74, 6) is 0.812. The van der Waals surface area contributed by atoms with Gasteiger partial charge in [-0.2, -0.15) is 0 Å². The van der Waals surface area contributed by atoms with Crippen LogP contribution in [0.3, 0.4) is 0 Å².